The first kappa shape index (κ1) is 29.6. The summed E-state index contributed by atoms with van der Waals surface area (Å²) in [6, 6.07) is 19.4. The molecule has 0 fully saturated rings. The number of nitrogens with zero attached hydrogens (tertiary/aromatic N) is 2. The number of hydrogen-bond donors (Lipinski definition) is 0. The smallest absolute Gasteiger partial charge is 0.338 e. The molecule has 3 aromatic carbocycles. The Balaban J connectivity index is 1.55. The molecule has 10 heteroatoms. The molecule has 4 aromatic rings. The monoisotopic (exact) mass is 622 g/mol. The number of carbonyl (C=O) groups is 1. The number of hydrogen-bond acceptors (Lipinski definition) is 7. The number of fused-ring (bicyclic) bond motifs is 1. The van der Waals surface area contributed by atoms with E-state index < -0.39 is 12.0 Å². The molecule has 0 aliphatic carbocycles. The molecule has 0 N–H and O–H groups in total. The number of thiazole rings is 1. The van der Waals surface area contributed by atoms with Crippen LogP contribution in [0.2, 0.25) is 10.0 Å². The number of rotatable bonds is 9. The highest BCUT2D eigenvalue weighted by atomic mass is 35.5. The molecule has 0 saturated heterocycles. The van der Waals surface area contributed by atoms with Crippen LogP contribution in [0.1, 0.15) is 43.5 Å². The summed E-state index contributed by atoms with van der Waals surface area (Å²) in [5.74, 6) is 0.597. The normalized spacial score (nSPS) is 14.8. The van der Waals surface area contributed by atoms with Crippen LogP contribution in [0.25, 0.3) is 6.08 Å². The minimum absolute atomic E-state index is 0.202. The fourth-order valence-corrected chi connectivity index (χ4v) is 6.04. The zero-order chi connectivity index (χ0) is 29.8. The molecule has 1 atom stereocenters. The van der Waals surface area contributed by atoms with E-state index in [9.17, 15) is 9.59 Å². The van der Waals surface area contributed by atoms with Crippen molar-refractivity contribution in [3.05, 3.63) is 124 Å². The molecular formula is C32H28Cl2N2O5S. The van der Waals surface area contributed by atoms with E-state index in [1.807, 2.05) is 49.4 Å². The Morgan fingerprint density at radius 1 is 1.00 bits per heavy atom. The molecule has 2 heterocycles. The summed E-state index contributed by atoms with van der Waals surface area (Å²) >= 11 is 13.7. The lowest BCUT2D eigenvalue weighted by Crippen LogP contribution is -2.39. The quantitative estimate of drug-likeness (QED) is 0.211. The van der Waals surface area contributed by atoms with Gasteiger partial charge in [0.15, 0.2) is 16.3 Å². The lowest BCUT2D eigenvalue weighted by molar-refractivity contribution is -0.139. The predicted octanol–water partition coefficient (Wildman–Crippen LogP) is 6.08. The van der Waals surface area contributed by atoms with Crippen molar-refractivity contribution < 1.29 is 19.0 Å². The van der Waals surface area contributed by atoms with Gasteiger partial charge < -0.3 is 14.2 Å². The van der Waals surface area contributed by atoms with Crippen LogP contribution >= 0.6 is 34.5 Å². The first-order valence-electron chi connectivity index (χ1n) is 13.4. The van der Waals surface area contributed by atoms with E-state index in [0.29, 0.717) is 48.8 Å². The summed E-state index contributed by atoms with van der Waals surface area (Å²) in [6.45, 7) is 6.30. The number of ether oxygens (including phenoxy) is 3. The fourth-order valence-electron chi connectivity index (χ4n) is 4.68. The maximum Gasteiger partial charge on any atom is 0.338 e. The number of halogens is 2. The highest BCUT2D eigenvalue weighted by Gasteiger charge is 2.33. The lowest BCUT2D eigenvalue weighted by atomic mass is 9.96. The Hall–Kier alpha value is -3.85. The number of carbonyl (C=O) groups excluding carboxylic acids is 1. The van der Waals surface area contributed by atoms with Gasteiger partial charge in [-0.2, -0.15) is 0 Å². The van der Waals surface area contributed by atoms with Gasteiger partial charge in [-0.1, -0.05) is 70.9 Å². The average molecular weight is 624 g/mol. The molecule has 1 aliphatic heterocycles. The maximum absolute atomic E-state index is 13.9. The van der Waals surface area contributed by atoms with E-state index in [1.165, 1.54) is 11.3 Å². The zero-order valence-corrected chi connectivity index (χ0v) is 25.6. The van der Waals surface area contributed by atoms with Gasteiger partial charge in [-0.15, -0.1) is 0 Å². The molecule has 0 saturated carbocycles. The standard InChI is InChI=1S/C32H28Cl2N2O5S/c1-4-39-26-16-20(10-15-25(26)41-18-22-8-6-7-9-24(22)34)17-27-30(37)36-29(21-11-13-23(33)14-12-21)28(31(38)40-5-2)19(3)35-32(36)42-27/h6-17,29H,4-5,18H2,1-3H3/b27-17+/t29-/m1/s1. The van der Waals surface area contributed by atoms with Crippen molar-refractivity contribution in [3.63, 3.8) is 0 Å². The minimum Gasteiger partial charge on any atom is -0.490 e. The van der Waals surface area contributed by atoms with Crippen LogP contribution in [-0.2, 0) is 16.1 Å². The molecule has 216 valence electrons. The second kappa shape index (κ2) is 13.0. The van der Waals surface area contributed by atoms with Gasteiger partial charge in [0, 0.05) is 15.6 Å². The molecular weight excluding hydrogens is 595 g/mol. The van der Waals surface area contributed by atoms with Crippen LogP contribution in [-0.4, -0.2) is 23.8 Å². The molecule has 0 amide bonds. The van der Waals surface area contributed by atoms with Gasteiger partial charge in [-0.3, -0.25) is 9.36 Å². The molecule has 1 aliphatic rings. The second-order valence-corrected chi connectivity index (χ2v) is 11.2. The van der Waals surface area contributed by atoms with Crippen LogP contribution in [0.5, 0.6) is 11.5 Å². The predicted molar refractivity (Wildman–Crippen MR) is 165 cm³/mol. The van der Waals surface area contributed by atoms with Gasteiger partial charge in [0.2, 0.25) is 0 Å². The fraction of sp³-hybridized carbons (Fsp3) is 0.219. The van der Waals surface area contributed by atoms with E-state index in [0.717, 1.165) is 16.7 Å². The first-order chi connectivity index (χ1) is 20.3. The summed E-state index contributed by atoms with van der Waals surface area (Å²) < 4.78 is 19.2. The third-order valence-corrected chi connectivity index (χ3v) is 8.21. The summed E-state index contributed by atoms with van der Waals surface area (Å²) in [5.41, 5.74) is 2.88. The molecule has 0 radical (unpaired) electrons. The summed E-state index contributed by atoms with van der Waals surface area (Å²) in [6.07, 6.45) is 1.78. The Bertz CT molecular complexity index is 1840. The zero-order valence-electron chi connectivity index (χ0n) is 23.2. The van der Waals surface area contributed by atoms with Crippen molar-refractivity contribution in [2.45, 2.75) is 33.4 Å². The van der Waals surface area contributed by atoms with Crippen LogP contribution in [0, 0.1) is 0 Å². The molecule has 0 spiro atoms. The number of allylic oxidation sites excluding steroid dienone is 1. The number of aromatic nitrogens is 1. The summed E-state index contributed by atoms with van der Waals surface area (Å²) in [7, 11) is 0. The second-order valence-electron chi connectivity index (χ2n) is 9.37. The molecule has 0 unspecified atom stereocenters. The number of benzene rings is 3. The van der Waals surface area contributed by atoms with Crippen molar-refractivity contribution >= 4 is 46.6 Å². The van der Waals surface area contributed by atoms with Crippen molar-refractivity contribution in [3.8, 4) is 11.5 Å². The highest BCUT2D eigenvalue weighted by molar-refractivity contribution is 7.07. The topological polar surface area (TPSA) is 79.1 Å². The number of esters is 1. The Labute approximate surface area is 256 Å². The van der Waals surface area contributed by atoms with Crippen molar-refractivity contribution in [1.29, 1.82) is 0 Å². The average Bonchev–Trinajstić information content (AvgIpc) is 3.27. The van der Waals surface area contributed by atoms with E-state index >= 15 is 0 Å². The van der Waals surface area contributed by atoms with E-state index in [4.69, 9.17) is 37.4 Å². The third kappa shape index (κ3) is 6.16. The SMILES string of the molecule is CCOC(=O)C1=C(C)N=c2s/c(=C/c3ccc(OCc4ccccc4Cl)c(OCC)c3)c(=O)n2[C@@H]1c1ccc(Cl)cc1. The third-order valence-electron chi connectivity index (χ3n) is 6.61. The molecule has 1 aromatic heterocycles. The van der Waals surface area contributed by atoms with Crippen LogP contribution in [0.4, 0.5) is 0 Å². The van der Waals surface area contributed by atoms with E-state index in [1.54, 1.807) is 48.8 Å². The minimum atomic E-state index is -0.709. The van der Waals surface area contributed by atoms with Crippen molar-refractivity contribution in [1.82, 2.24) is 4.57 Å². The van der Waals surface area contributed by atoms with Gasteiger partial charge in [0.05, 0.1) is 35.1 Å². The molecule has 0 bridgehead atoms. The van der Waals surface area contributed by atoms with Crippen molar-refractivity contribution in [2.24, 2.45) is 4.99 Å². The van der Waals surface area contributed by atoms with E-state index in [2.05, 4.69) is 4.99 Å². The van der Waals surface area contributed by atoms with E-state index in [-0.39, 0.29) is 18.8 Å². The first-order valence-corrected chi connectivity index (χ1v) is 15.0. The van der Waals surface area contributed by atoms with Gasteiger partial charge in [0.25, 0.3) is 5.56 Å². The summed E-state index contributed by atoms with van der Waals surface area (Å²) in [4.78, 5) is 32.1. The molecule has 42 heavy (non-hydrogen) atoms. The van der Waals surface area contributed by atoms with Crippen LogP contribution in [0.3, 0.4) is 0 Å². The van der Waals surface area contributed by atoms with Gasteiger partial charge in [-0.25, -0.2) is 9.79 Å². The van der Waals surface area contributed by atoms with Crippen molar-refractivity contribution in [2.75, 3.05) is 13.2 Å². The van der Waals surface area contributed by atoms with Gasteiger partial charge >= 0.3 is 5.97 Å². The Morgan fingerprint density at radius 3 is 2.48 bits per heavy atom. The van der Waals surface area contributed by atoms with Gasteiger partial charge in [-0.05, 0) is 68.3 Å². The largest absolute Gasteiger partial charge is 0.490 e. The maximum atomic E-state index is 13.9. The molecule has 7 nitrogen and oxygen atoms in total. The molecule has 5 rings (SSSR count). The van der Waals surface area contributed by atoms with Crippen LogP contribution in [0.15, 0.2) is 87.8 Å². The highest BCUT2D eigenvalue weighted by Crippen LogP contribution is 2.32. The summed E-state index contributed by atoms with van der Waals surface area (Å²) in [5, 5.41) is 1.18. The van der Waals surface area contributed by atoms with Gasteiger partial charge in [0.1, 0.15) is 6.61 Å². The lowest BCUT2D eigenvalue weighted by Gasteiger charge is -2.24. The Kier molecular flexibility index (Phi) is 9.16. The van der Waals surface area contributed by atoms with Crippen LogP contribution < -0.4 is 24.4 Å². The Morgan fingerprint density at radius 2 is 1.76 bits per heavy atom.